The SMILES string of the molecule is CC(C)(C)C(=O)N1CCC(C(=O)NCC(O)Cc2ccccc2)CC1. The summed E-state index contributed by atoms with van der Waals surface area (Å²) in [6.45, 7) is 7.27. The highest BCUT2D eigenvalue weighted by Crippen LogP contribution is 2.23. The van der Waals surface area contributed by atoms with E-state index in [-0.39, 0.29) is 29.7 Å². The van der Waals surface area contributed by atoms with Gasteiger partial charge in [-0.15, -0.1) is 0 Å². The number of aliphatic hydroxyl groups is 1. The molecular weight excluding hydrogens is 316 g/mol. The predicted molar refractivity (Wildman–Crippen MR) is 97.9 cm³/mol. The molecule has 0 saturated carbocycles. The smallest absolute Gasteiger partial charge is 0.227 e. The van der Waals surface area contributed by atoms with E-state index >= 15 is 0 Å². The molecule has 138 valence electrons. The van der Waals surface area contributed by atoms with Gasteiger partial charge < -0.3 is 15.3 Å². The number of benzene rings is 1. The first-order chi connectivity index (χ1) is 11.8. The lowest BCUT2D eigenvalue weighted by molar-refractivity contribution is -0.142. The number of likely N-dealkylation sites (tertiary alicyclic amines) is 1. The van der Waals surface area contributed by atoms with Gasteiger partial charge in [0.25, 0.3) is 0 Å². The van der Waals surface area contributed by atoms with Crippen molar-refractivity contribution in [2.24, 2.45) is 11.3 Å². The van der Waals surface area contributed by atoms with Crippen molar-refractivity contribution in [1.82, 2.24) is 10.2 Å². The van der Waals surface area contributed by atoms with Crippen LogP contribution in [0.5, 0.6) is 0 Å². The van der Waals surface area contributed by atoms with Gasteiger partial charge in [0.15, 0.2) is 0 Å². The first-order valence-corrected chi connectivity index (χ1v) is 9.06. The van der Waals surface area contributed by atoms with Gasteiger partial charge >= 0.3 is 0 Å². The number of rotatable bonds is 5. The van der Waals surface area contributed by atoms with Gasteiger partial charge in [0.1, 0.15) is 0 Å². The van der Waals surface area contributed by atoms with Crippen LogP contribution in [-0.4, -0.2) is 47.6 Å². The molecule has 1 heterocycles. The molecule has 0 spiro atoms. The Labute approximate surface area is 150 Å². The van der Waals surface area contributed by atoms with Gasteiger partial charge in [-0.05, 0) is 18.4 Å². The monoisotopic (exact) mass is 346 g/mol. The Balaban J connectivity index is 1.73. The Hall–Kier alpha value is -1.88. The number of nitrogens with zero attached hydrogens (tertiary/aromatic N) is 1. The summed E-state index contributed by atoms with van der Waals surface area (Å²) in [5.41, 5.74) is 0.676. The average Bonchev–Trinajstić information content (AvgIpc) is 2.59. The number of amides is 2. The number of hydrogen-bond donors (Lipinski definition) is 2. The molecule has 25 heavy (non-hydrogen) atoms. The third kappa shape index (κ3) is 5.85. The van der Waals surface area contributed by atoms with E-state index in [4.69, 9.17) is 0 Å². The summed E-state index contributed by atoms with van der Waals surface area (Å²) in [4.78, 5) is 26.4. The molecule has 1 fully saturated rings. The third-order valence-electron chi connectivity index (χ3n) is 4.62. The minimum atomic E-state index is -0.589. The summed E-state index contributed by atoms with van der Waals surface area (Å²) in [6, 6.07) is 9.75. The maximum Gasteiger partial charge on any atom is 0.227 e. The van der Waals surface area contributed by atoms with Crippen LogP contribution in [0.15, 0.2) is 30.3 Å². The van der Waals surface area contributed by atoms with Crippen LogP contribution in [0, 0.1) is 11.3 Å². The molecule has 0 bridgehead atoms. The minimum absolute atomic E-state index is 0.0185. The quantitative estimate of drug-likeness (QED) is 0.857. The number of aliphatic hydroxyl groups excluding tert-OH is 1. The standard InChI is InChI=1S/C20H30N2O3/c1-20(2,3)19(25)22-11-9-16(10-12-22)18(24)21-14-17(23)13-15-7-5-4-6-8-15/h4-8,16-17,23H,9-14H2,1-3H3,(H,21,24). The lowest BCUT2D eigenvalue weighted by atomic mass is 9.90. The maximum atomic E-state index is 12.3. The second-order valence-corrected chi connectivity index (χ2v) is 7.91. The zero-order valence-corrected chi connectivity index (χ0v) is 15.5. The molecule has 1 atom stereocenters. The highest BCUT2D eigenvalue weighted by molar-refractivity contribution is 5.82. The topological polar surface area (TPSA) is 69.6 Å². The van der Waals surface area contributed by atoms with Crippen molar-refractivity contribution >= 4 is 11.8 Å². The molecule has 0 aliphatic carbocycles. The van der Waals surface area contributed by atoms with Crippen LogP contribution < -0.4 is 5.32 Å². The van der Waals surface area contributed by atoms with Crippen molar-refractivity contribution in [3.63, 3.8) is 0 Å². The van der Waals surface area contributed by atoms with Gasteiger partial charge in [0.2, 0.25) is 11.8 Å². The molecule has 1 aromatic rings. The zero-order chi connectivity index (χ0) is 18.4. The van der Waals surface area contributed by atoms with E-state index in [0.29, 0.717) is 32.4 Å². The fraction of sp³-hybridized carbons (Fsp3) is 0.600. The van der Waals surface area contributed by atoms with E-state index in [2.05, 4.69) is 5.32 Å². The molecule has 1 unspecified atom stereocenters. The average molecular weight is 346 g/mol. The Kier molecular flexibility index (Phi) is 6.59. The van der Waals surface area contributed by atoms with E-state index in [1.807, 2.05) is 56.0 Å². The van der Waals surface area contributed by atoms with Crippen LogP contribution in [0.3, 0.4) is 0 Å². The maximum absolute atomic E-state index is 12.3. The van der Waals surface area contributed by atoms with Crippen molar-refractivity contribution in [2.45, 2.75) is 46.1 Å². The summed E-state index contributed by atoms with van der Waals surface area (Å²) < 4.78 is 0. The van der Waals surface area contributed by atoms with Crippen molar-refractivity contribution in [3.8, 4) is 0 Å². The Bertz CT molecular complexity index is 572. The number of carbonyl (C=O) groups excluding carboxylic acids is 2. The van der Waals surface area contributed by atoms with Gasteiger partial charge in [-0.1, -0.05) is 51.1 Å². The van der Waals surface area contributed by atoms with E-state index < -0.39 is 6.10 Å². The number of piperidine rings is 1. The van der Waals surface area contributed by atoms with E-state index in [0.717, 1.165) is 5.56 Å². The van der Waals surface area contributed by atoms with Gasteiger partial charge in [0.05, 0.1) is 6.10 Å². The van der Waals surface area contributed by atoms with E-state index in [9.17, 15) is 14.7 Å². The molecule has 2 amide bonds. The van der Waals surface area contributed by atoms with Crippen LogP contribution in [-0.2, 0) is 16.0 Å². The lowest BCUT2D eigenvalue weighted by Gasteiger charge is -2.35. The van der Waals surface area contributed by atoms with Crippen molar-refractivity contribution < 1.29 is 14.7 Å². The number of carbonyl (C=O) groups is 2. The first kappa shape index (κ1) is 19.4. The van der Waals surface area contributed by atoms with Crippen molar-refractivity contribution in [2.75, 3.05) is 19.6 Å². The summed E-state index contributed by atoms with van der Waals surface area (Å²) in [5.74, 6) is 0.0487. The molecule has 0 radical (unpaired) electrons. The van der Waals surface area contributed by atoms with Gasteiger partial charge in [-0.2, -0.15) is 0 Å². The molecule has 2 rings (SSSR count). The van der Waals surface area contributed by atoms with E-state index in [1.54, 1.807) is 0 Å². The zero-order valence-electron chi connectivity index (χ0n) is 15.5. The number of hydrogen-bond acceptors (Lipinski definition) is 3. The molecular formula is C20H30N2O3. The van der Waals surface area contributed by atoms with Crippen molar-refractivity contribution in [1.29, 1.82) is 0 Å². The first-order valence-electron chi connectivity index (χ1n) is 9.06. The van der Waals surface area contributed by atoms with Gasteiger partial charge in [0, 0.05) is 37.4 Å². The van der Waals surface area contributed by atoms with E-state index in [1.165, 1.54) is 0 Å². The summed E-state index contributed by atoms with van der Waals surface area (Å²) >= 11 is 0. The molecule has 1 aliphatic rings. The van der Waals surface area contributed by atoms with Crippen LogP contribution >= 0.6 is 0 Å². The fourth-order valence-corrected chi connectivity index (χ4v) is 3.14. The second kappa shape index (κ2) is 8.48. The number of nitrogens with one attached hydrogen (secondary N) is 1. The summed E-state index contributed by atoms with van der Waals surface area (Å²) in [5, 5.41) is 12.9. The molecule has 2 N–H and O–H groups in total. The summed E-state index contributed by atoms with van der Waals surface area (Å²) in [6.07, 6.45) is 1.30. The van der Waals surface area contributed by atoms with Gasteiger partial charge in [-0.25, -0.2) is 0 Å². The molecule has 0 aromatic heterocycles. The Morgan fingerprint density at radius 2 is 1.80 bits per heavy atom. The predicted octanol–water partition coefficient (Wildman–Crippen LogP) is 1.99. The molecule has 5 heteroatoms. The largest absolute Gasteiger partial charge is 0.391 e. The third-order valence-corrected chi connectivity index (χ3v) is 4.62. The lowest BCUT2D eigenvalue weighted by Crippen LogP contribution is -2.47. The normalized spacial score (nSPS) is 17.2. The van der Waals surface area contributed by atoms with Crippen LogP contribution in [0.4, 0.5) is 0 Å². The van der Waals surface area contributed by atoms with Crippen molar-refractivity contribution in [3.05, 3.63) is 35.9 Å². The molecule has 5 nitrogen and oxygen atoms in total. The summed E-state index contributed by atoms with van der Waals surface area (Å²) in [7, 11) is 0. The molecule has 1 aliphatic heterocycles. The fourth-order valence-electron chi connectivity index (χ4n) is 3.14. The van der Waals surface area contributed by atoms with Crippen LogP contribution in [0.2, 0.25) is 0 Å². The second-order valence-electron chi connectivity index (χ2n) is 7.91. The van der Waals surface area contributed by atoms with Crippen LogP contribution in [0.1, 0.15) is 39.2 Å². The molecule has 1 saturated heterocycles. The highest BCUT2D eigenvalue weighted by atomic mass is 16.3. The Morgan fingerprint density at radius 3 is 2.36 bits per heavy atom. The Morgan fingerprint density at radius 1 is 1.20 bits per heavy atom. The van der Waals surface area contributed by atoms with Crippen LogP contribution in [0.25, 0.3) is 0 Å². The minimum Gasteiger partial charge on any atom is -0.391 e. The van der Waals surface area contributed by atoms with Gasteiger partial charge in [-0.3, -0.25) is 9.59 Å². The molecule has 1 aromatic carbocycles. The highest BCUT2D eigenvalue weighted by Gasteiger charge is 2.32.